The first-order valence-corrected chi connectivity index (χ1v) is 6.55. The predicted molar refractivity (Wildman–Crippen MR) is 80.1 cm³/mol. The highest BCUT2D eigenvalue weighted by Gasteiger charge is 2.14. The number of rotatable bonds is 5. The lowest BCUT2D eigenvalue weighted by Crippen LogP contribution is -2.26. The smallest absolute Gasteiger partial charge is 0.251 e. The van der Waals surface area contributed by atoms with Crippen LogP contribution < -0.4 is 16.4 Å². The molecule has 1 aliphatic heterocycles. The third-order valence-corrected chi connectivity index (χ3v) is 3.43. The van der Waals surface area contributed by atoms with Gasteiger partial charge in [0.1, 0.15) is 0 Å². The van der Waals surface area contributed by atoms with Gasteiger partial charge in [-0.05, 0) is 56.1 Å². The second kappa shape index (κ2) is 7.87. The van der Waals surface area contributed by atoms with Crippen LogP contribution in [0.3, 0.4) is 0 Å². The van der Waals surface area contributed by atoms with Gasteiger partial charge in [-0.15, -0.1) is 12.4 Å². The van der Waals surface area contributed by atoms with Crippen LogP contribution in [0.2, 0.25) is 0 Å². The Morgan fingerprint density at radius 3 is 2.45 bits per heavy atom. The quantitative estimate of drug-likeness (QED) is 0.756. The maximum atomic E-state index is 11.9. The van der Waals surface area contributed by atoms with Crippen molar-refractivity contribution in [3.05, 3.63) is 35.4 Å². The Balaban J connectivity index is 0.00000200. The largest absolute Gasteiger partial charge is 0.366 e. The highest BCUT2D eigenvalue weighted by atomic mass is 35.5. The molecule has 0 saturated carbocycles. The molecule has 0 spiro atoms. The van der Waals surface area contributed by atoms with E-state index in [2.05, 4.69) is 10.6 Å². The summed E-state index contributed by atoms with van der Waals surface area (Å²) in [7, 11) is 0. The zero-order valence-corrected chi connectivity index (χ0v) is 12.0. The fourth-order valence-electron chi connectivity index (χ4n) is 2.24. The van der Waals surface area contributed by atoms with E-state index in [1.807, 2.05) is 0 Å². The molecule has 0 radical (unpaired) electrons. The highest BCUT2D eigenvalue weighted by molar-refractivity contribution is 5.97. The number of carbonyl (C=O) groups is 2. The van der Waals surface area contributed by atoms with Gasteiger partial charge in [-0.25, -0.2) is 0 Å². The minimum Gasteiger partial charge on any atom is -0.366 e. The molecule has 1 unspecified atom stereocenters. The van der Waals surface area contributed by atoms with Crippen molar-refractivity contribution in [2.75, 3.05) is 19.6 Å². The van der Waals surface area contributed by atoms with Crippen LogP contribution in [0.15, 0.2) is 24.3 Å². The monoisotopic (exact) mass is 297 g/mol. The van der Waals surface area contributed by atoms with Crippen molar-refractivity contribution < 1.29 is 9.59 Å². The average Bonchev–Trinajstić information content (AvgIpc) is 2.92. The number of halogens is 1. The van der Waals surface area contributed by atoms with E-state index in [1.54, 1.807) is 24.3 Å². The molecule has 4 N–H and O–H groups in total. The first-order chi connectivity index (χ1) is 9.16. The number of amides is 2. The Morgan fingerprint density at radius 2 is 1.90 bits per heavy atom. The van der Waals surface area contributed by atoms with Gasteiger partial charge in [-0.3, -0.25) is 9.59 Å². The van der Waals surface area contributed by atoms with Crippen molar-refractivity contribution in [3.8, 4) is 0 Å². The molecular formula is C14H20ClN3O2. The van der Waals surface area contributed by atoms with Gasteiger partial charge in [0.05, 0.1) is 0 Å². The number of hydrogen-bond acceptors (Lipinski definition) is 3. The molecule has 6 heteroatoms. The van der Waals surface area contributed by atoms with Crippen LogP contribution in [0.25, 0.3) is 0 Å². The van der Waals surface area contributed by atoms with Crippen molar-refractivity contribution >= 4 is 24.2 Å². The lowest BCUT2D eigenvalue weighted by Gasteiger charge is -2.09. The van der Waals surface area contributed by atoms with Gasteiger partial charge in [0.15, 0.2) is 0 Å². The fraction of sp³-hybridized carbons (Fsp3) is 0.429. The minimum atomic E-state index is -0.485. The molecule has 0 aromatic heterocycles. The molecule has 0 bridgehead atoms. The second-order valence-corrected chi connectivity index (χ2v) is 4.85. The third-order valence-electron chi connectivity index (χ3n) is 3.43. The van der Waals surface area contributed by atoms with Gasteiger partial charge < -0.3 is 16.4 Å². The van der Waals surface area contributed by atoms with Gasteiger partial charge in [0.2, 0.25) is 5.91 Å². The summed E-state index contributed by atoms with van der Waals surface area (Å²) in [6.45, 7) is 2.80. The Labute approximate surface area is 124 Å². The molecule has 5 nitrogen and oxygen atoms in total. The molecule has 1 saturated heterocycles. The van der Waals surface area contributed by atoms with Gasteiger partial charge in [-0.1, -0.05) is 0 Å². The topological polar surface area (TPSA) is 84.2 Å². The Hall–Kier alpha value is -1.59. The summed E-state index contributed by atoms with van der Waals surface area (Å²) in [4.78, 5) is 22.8. The summed E-state index contributed by atoms with van der Waals surface area (Å²) in [5, 5.41) is 6.19. The van der Waals surface area contributed by atoms with Gasteiger partial charge in [0.25, 0.3) is 5.91 Å². The van der Waals surface area contributed by atoms with Crippen LogP contribution in [0.5, 0.6) is 0 Å². The average molecular weight is 298 g/mol. The number of nitrogens with one attached hydrogen (secondary N) is 2. The molecule has 1 atom stereocenters. The van der Waals surface area contributed by atoms with E-state index < -0.39 is 5.91 Å². The highest BCUT2D eigenvalue weighted by Crippen LogP contribution is 2.11. The van der Waals surface area contributed by atoms with Crippen LogP contribution in [-0.4, -0.2) is 31.4 Å². The standard InChI is InChI=1S/C14H19N3O2.ClH/c15-13(18)11-1-3-12(4-2-11)14(19)17-8-6-10-5-7-16-9-10;/h1-4,10,16H,5-9H2,(H2,15,18)(H,17,19);1H. The van der Waals surface area contributed by atoms with Crippen molar-refractivity contribution in [3.63, 3.8) is 0 Å². The fourth-order valence-corrected chi connectivity index (χ4v) is 2.24. The van der Waals surface area contributed by atoms with Gasteiger partial charge in [0, 0.05) is 17.7 Å². The van der Waals surface area contributed by atoms with E-state index in [0.29, 0.717) is 23.6 Å². The summed E-state index contributed by atoms with van der Waals surface area (Å²) in [6.07, 6.45) is 2.18. The SMILES string of the molecule is Cl.NC(=O)c1ccc(C(=O)NCCC2CCNC2)cc1. The number of primary amides is 1. The Kier molecular flexibility index (Phi) is 6.48. The first-order valence-electron chi connectivity index (χ1n) is 6.55. The van der Waals surface area contributed by atoms with E-state index in [1.165, 1.54) is 6.42 Å². The van der Waals surface area contributed by atoms with Crippen molar-refractivity contribution in [2.45, 2.75) is 12.8 Å². The summed E-state index contributed by atoms with van der Waals surface area (Å²) < 4.78 is 0. The van der Waals surface area contributed by atoms with Crippen LogP contribution >= 0.6 is 12.4 Å². The van der Waals surface area contributed by atoms with Crippen LogP contribution in [0.4, 0.5) is 0 Å². The maximum absolute atomic E-state index is 11.9. The molecule has 1 aromatic rings. The van der Waals surface area contributed by atoms with E-state index in [9.17, 15) is 9.59 Å². The summed E-state index contributed by atoms with van der Waals surface area (Å²) in [5.41, 5.74) is 6.11. The van der Waals surface area contributed by atoms with E-state index in [4.69, 9.17) is 5.73 Å². The van der Waals surface area contributed by atoms with Crippen molar-refractivity contribution in [2.24, 2.45) is 11.7 Å². The third kappa shape index (κ3) is 4.51. The summed E-state index contributed by atoms with van der Waals surface area (Å²) in [6, 6.07) is 6.37. The molecule has 2 rings (SSSR count). The molecule has 0 aliphatic carbocycles. The molecular weight excluding hydrogens is 278 g/mol. The molecule has 1 aliphatic rings. The van der Waals surface area contributed by atoms with Crippen LogP contribution in [-0.2, 0) is 0 Å². The Morgan fingerprint density at radius 1 is 1.25 bits per heavy atom. The lowest BCUT2D eigenvalue weighted by molar-refractivity contribution is 0.0949. The number of nitrogens with two attached hydrogens (primary N) is 1. The van der Waals surface area contributed by atoms with Crippen molar-refractivity contribution in [1.29, 1.82) is 0 Å². The van der Waals surface area contributed by atoms with Crippen LogP contribution in [0, 0.1) is 5.92 Å². The normalized spacial score (nSPS) is 17.3. The number of hydrogen-bond donors (Lipinski definition) is 3. The lowest BCUT2D eigenvalue weighted by atomic mass is 10.1. The summed E-state index contributed by atoms with van der Waals surface area (Å²) in [5.74, 6) is 0.0696. The molecule has 110 valence electrons. The number of benzene rings is 1. The minimum absolute atomic E-state index is 0. The predicted octanol–water partition coefficient (Wildman–Crippen LogP) is 0.937. The van der Waals surface area contributed by atoms with E-state index >= 15 is 0 Å². The maximum Gasteiger partial charge on any atom is 0.251 e. The molecule has 1 aromatic carbocycles. The zero-order valence-electron chi connectivity index (χ0n) is 11.2. The Bertz CT molecular complexity index is 456. The second-order valence-electron chi connectivity index (χ2n) is 4.85. The van der Waals surface area contributed by atoms with E-state index in [0.717, 1.165) is 19.5 Å². The summed E-state index contributed by atoms with van der Waals surface area (Å²) >= 11 is 0. The van der Waals surface area contributed by atoms with Crippen molar-refractivity contribution in [1.82, 2.24) is 10.6 Å². The molecule has 1 fully saturated rings. The molecule has 20 heavy (non-hydrogen) atoms. The van der Waals surface area contributed by atoms with Gasteiger partial charge >= 0.3 is 0 Å². The number of carbonyl (C=O) groups excluding carboxylic acids is 2. The molecule has 2 amide bonds. The van der Waals surface area contributed by atoms with Crippen LogP contribution in [0.1, 0.15) is 33.6 Å². The van der Waals surface area contributed by atoms with Gasteiger partial charge in [-0.2, -0.15) is 0 Å². The molecule has 1 heterocycles. The first kappa shape index (κ1) is 16.5. The zero-order chi connectivity index (χ0) is 13.7. The van der Waals surface area contributed by atoms with E-state index in [-0.39, 0.29) is 18.3 Å².